The van der Waals surface area contributed by atoms with Crippen LogP contribution in [0.1, 0.15) is 0 Å². The van der Waals surface area contributed by atoms with Gasteiger partial charge in [-0.3, -0.25) is 32.4 Å². The summed E-state index contributed by atoms with van der Waals surface area (Å²) in [6, 6.07) is 0. The van der Waals surface area contributed by atoms with Crippen molar-refractivity contribution >= 4 is 22.8 Å². The number of hydrogen-bond donors (Lipinski definition) is 2. The highest BCUT2D eigenvalue weighted by Gasteiger charge is 2.22. The Bertz CT molecular complexity index is 1540. The maximum Gasteiger partial charge on any atom is 0.333 e. The predicted octanol–water partition coefficient (Wildman–Crippen LogP) is -1.48. The molecule has 3 rings (SSSR count). The molecule has 182 valence electrons. The third-order valence-corrected chi connectivity index (χ3v) is 5.12. The number of nitrogens with zero attached hydrogens (tertiary/aromatic N) is 8. The van der Waals surface area contributed by atoms with Gasteiger partial charge < -0.3 is 14.9 Å². The lowest BCUT2D eigenvalue weighted by atomic mass is 10.3. The van der Waals surface area contributed by atoms with E-state index in [-0.39, 0.29) is 36.9 Å². The molecule has 0 aliphatic carbocycles. The first-order valence-corrected chi connectivity index (χ1v) is 9.94. The summed E-state index contributed by atoms with van der Waals surface area (Å²) in [5, 5.41) is 28.3. The van der Waals surface area contributed by atoms with Gasteiger partial charge in [-0.2, -0.15) is 4.98 Å². The van der Waals surface area contributed by atoms with E-state index in [2.05, 4.69) is 21.8 Å². The van der Waals surface area contributed by atoms with Gasteiger partial charge in [0.15, 0.2) is 11.2 Å². The van der Waals surface area contributed by atoms with Crippen molar-refractivity contribution in [2.45, 2.75) is 12.6 Å². The van der Waals surface area contributed by atoms with E-state index >= 15 is 0 Å². The number of fused-ring (bicyclic) bond motifs is 1. The van der Waals surface area contributed by atoms with Gasteiger partial charge in [0.1, 0.15) is 0 Å². The van der Waals surface area contributed by atoms with E-state index in [1.807, 2.05) is 0 Å². The lowest BCUT2D eigenvalue weighted by Gasteiger charge is -2.13. The van der Waals surface area contributed by atoms with Crippen LogP contribution < -0.4 is 22.5 Å². The molecule has 3 aromatic heterocycles. The number of hydrogen-bond acceptors (Lipinski definition) is 10. The average molecular weight is 476 g/mol. The van der Waals surface area contributed by atoms with Gasteiger partial charge in [0.2, 0.25) is 11.6 Å². The second-order valence-corrected chi connectivity index (χ2v) is 7.46. The summed E-state index contributed by atoms with van der Waals surface area (Å²) >= 11 is 0. The Balaban J connectivity index is 2.22. The molecule has 0 amide bonds. The molecule has 15 nitrogen and oxygen atoms in total. The SMILES string of the molecule is C=CCOCC(O)Cn1c(N=Nc2c(O)n(C)c(=O)n(C)c2=O)nc2c1c(=O)n(C)c(=O)n2C. The van der Waals surface area contributed by atoms with Crippen LogP contribution in [0, 0.1) is 0 Å². The van der Waals surface area contributed by atoms with E-state index in [1.165, 1.54) is 38.8 Å². The van der Waals surface area contributed by atoms with Crippen LogP contribution in [-0.2, 0) is 39.5 Å². The molecule has 34 heavy (non-hydrogen) atoms. The van der Waals surface area contributed by atoms with Crippen LogP contribution in [0.4, 0.5) is 11.6 Å². The third-order valence-electron chi connectivity index (χ3n) is 5.12. The largest absolute Gasteiger partial charge is 0.493 e. The van der Waals surface area contributed by atoms with Crippen LogP contribution >= 0.6 is 0 Å². The Morgan fingerprint density at radius 2 is 1.62 bits per heavy atom. The number of aromatic nitrogens is 6. The monoisotopic (exact) mass is 476 g/mol. The highest BCUT2D eigenvalue weighted by Crippen LogP contribution is 2.24. The summed E-state index contributed by atoms with van der Waals surface area (Å²) < 4.78 is 9.99. The summed E-state index contributed by atoms with van der Waals surface area (Å²) in [7, 11) is 5.14. The number of aryl methyl sites for hydroxylation is 1. The normalized spacial score (nSPS) is 12.6. The van der Waals surface area contributed by atoms with Crippen LogP contribution in [0.2, 0.25) is 0 Å². The lowest BCUT2D eigenvalue weighted by Crippen LogP contribution is -2.38. The first kappa shape index (κ1) is 24.5. The first-order valence-electron chi connectivity index (χ1n) is 9.94. The van der Waals surface area contributed by atoms with E-state index in [9.17, 15) is 29.4 Å². The van der Waals surface area contributed by atoms with Crippen molar-refractivity contribution in [3.05, 3.63) is 54.3 Å². The molecule has 0 saturated heterocycles. The number of ether oxygens (including phenoxy) is 1. The molecule has 1 atom stereocenters. The number of aliphatic hydroxyl groups is 1. The van der Waals surface area contributed by atoms with Crippen LogP contribution in [0.3, 0.4) is 0 Å². The van der Waals surface area contributed by atoms with Crippen molar-refractivity contribution < 1.29 is 14.9 Å². The second-order valence-electron chi connectivity index (χ2n) is 7.46. The van der Waals surface area contributed by atoms with Gasteiger partial charge in [-0.1, -0.05) is 6.08 Å². The molecule has 0 spiro atoms. The van der Waals surface area contributed by atoms with Crippen molar-refractivity contribution in [3.8, 4) is 5.88 Å². The summed E-state index contributed by atoms with van der Waals surface area (Å²) in [5.41, 5.74) is -3.61. The van der Waals surface area contributed by atoms with Crippen LogP contribution in [0.5, 0.6) is 5.88 Å². The third kappa shape index (κ3) is 4.13. The maximum absolute atomic E-state index is 12.8. The highest BCUT2D eigenvalue weighted by molar-refractivity contribution is 5.73. The first-order chi connectivity index (χ1) is 16.0. The molecule has 3 heterocycles. The van der Waals surface area contributed by atoms with E-state index in [4.69, 9.17) is 4.74 Å². The summed E-state index contributed by atoms with van der Waals surface area (Å²) in [6.45, 7) is 3.40. The molecule has 0 aliphatic heterocycles. The fraction of sp³-hybridized carbons (Fsp3) is 0.421. The minimum absolute atomic E-state index is 0.0288. The number of imidazole rings is 1. The summed E-state index contributed by atoms with van der Waals surface area (Å²) in [6.07, 6.45) is 0.400. The van der Waals surface area contributed by atoms with Gasteiger partial charge in [-0.15, -0.1) is 16.8 Å². The highest BCUT2D eigenvalue weighted by atomic mass is 16.5. The Hall–Kier alpha value is -4.11. The van der Waals surface area contributed by atoms with Crippen molar-refractivity contribution in [2.75, 3.05) is 13.2 Å². The zero-order valence-electron chi connectivity index (χ0n) is 19.0. The van der Waals surface area contributed by atoms with Crippen molar-refractivity contribution in [1.29, 1.82) is 0 Å². The molecule has 3 aromatic rings. The van der Waals surface area contributed by atoms with E-state index in [0.717, 1.165) is 18.3 Å². The van der Waals surface area contributed by atoms with Crippen LogP contribution in [0.25, 0.3) is 11.2 Å². The fourth-order valence-corrected chi connectivity index (χ4v) is 3.23. The molecular weight excluding hydrogens is 452 g/mol. The molecule has 2 N–H and O–H groups in total. The van der Waals surface area contributed by atoms with Crippen LogP contribution in [0.15, 0.2) is 42.1 Å². The van der Waals surface area contributed by atoms with Gasteiger partial charge in [0.25, 0.3) is 17.1 Å². The molecule has 0 fully saturated rings. The quantitative estimate of drug-likeness (QED) is 0.224. The zero-order valence-corrected chi connectivity index (χ0v) is 19.0. The van der Waals surface area contributed by atoms with Crippen LogP contribution in [-0.4, -0.2) is 57.4 Å². The molecule has 0 aliphatic rings. The van der Waals surface area contributed by atoms with Crippen molar-refractivity contribution in [3.63, 3.8) is 0 Å². The maximum atomic E-state index is 12.8. The molecule has 0 bridgehead atoms. The summed E-state index contributed by atoms with van der Waals surface area (Å²) in [4.78, 5) is 53.7. The summed E-state index contributed by atoms with van der Waals surface area (Å²) in [5.74, 6) is -0.952. The van der Waals surface area contributed by atoms with Gasteiger partial charge in [0.05, 0.1) is 25.9 Å². The molecule has 0 saturated carbocycles. The molecule has 1 unspecified atom stereocenters. The minimum Gasteiger partial charge on any atom is -0.493 e. The smallest absolute Gasteiger partial charge is 0.333 e. The Morgan fingerprint density at radius 3 is 2.26 bits per heavy atom. The average Bonchev–Trinajstić information content (AvgIpc) is 3.17. The predicted molar refractivity (Wildman–Crippen MR) is 120 cm³/mol. The fourth-order valence-electron chi connectivity index (χ4n) is 3.23. The Morgan fingerprint density at radius 1 is 1.00 bits per heavy atom. The molecule has 15 heteroatoms. The second kappa shape index (κ2) is 9.40. The standard InChI is InChI=1S/C19H24N8O7/c1-6-7-34-9-10(28)8-27-12-13(23(2)18(32)26(5)16(12)31)20-17(27)22-21-11-14(29)24(3)19(33)25(4)15(11)30/h6,10,28-29H,1,7-9H2,2-5H3. The van der Waals surface area contributed by atoms with Gasteiger partial charge in [-0.05, 0) is 0 Å². The number of rotatable bonds is 8. The van der Waals surface area contributed by atoms with Crippen molar-refractivity contribution in [1.82, 2.24) is 27.8 Å². The number of aliphatic hydroxyl groups excluding tert-OH is 1. The molecule has 0 aromatic carbocycles. The van der Waals surface area contributed by atoms with Gasteiger partial charge >= 0.3 is 11.4 Å². The molecular formula is C19H24N8O7. The van der Waals surface area contributed by atoms with E-state index in [1.54, 1.807) is 0 Å². The number of azo groups is 1. The van der Waals surface area contributed by atoms with E-state index in [0.29, 0.717) is 0 Å². The zero-order chi connectivity index (χ0) is 25.3. The van der Waals surface area contributed by atoms with E-state index < -0.39 is 40.2 Å². The van der Waals surface area contributed by atoms with Gasteiger partial charge in [0, 0.05) is 28.2 Å². The molecule has 0 radical (unpaired) electrons. The minimum atomic E-state index is -1.10. The Labute approximate surface area is 190 Å². The number of aromatic hydroxyl groups is 1. The van der Waals surface area contributed by atoms with Gasteiger partial charge in [-0.25, -0.2) is 9.59 Å². The lowest BCUT2D eigenvalue weighted by molar-refractivity contribution is 0.0404. The topological polar surface area (TPSA) is 180 Å². The Kier molecular flexibility index (Phi) is 6.78. The van der Waals surface area contributed by atoms with Crippen molar-refractivity contribution in [2.24, 2.45) is 38.4 Å².